The van der Waals surface area contributed by atoms with E-state index in [4.69, 9.17) is 4.74 Å². The van der Waals surface area contributed by atoms with Crippen molar-refractivity contribution in [3.63, 3.8) is 0 Å². The van der Waals surface area contributed by atoms with Crippen LogP contribution in [0.15, 0.2) is 78.3 Å². The van der Waals surface area contributed by atoms with Crippen molar-refractivity contribution in [1.82, 2.24) is 4.98 Å². The molecule has 1 heterocycles. The van der Waals surface area contributed by atoms with Crippen molar-refractivity contribution >= 4 is 21.8 Å². The summed E-state index contributed by atoms with van der Waals surface area (Å²) < 4.78 is 32.4. The van der Waals surface area contributed by atoms with Gasteiger partial charge in [0.15, 0.2) is 0 Å². The highest BCUT2D eigenvalue weighted by atomic mass is 32.2. The number of para-hydroxylation sites is 1. The van der Waals surface area contributed by atoms with Crippen LogP contribution in [0.2, 0.25) is 0 Å². The van der Waals surface area contributed by atoms with E-state index in [0.29, 0.717) is 17.3 Å². The molecule has 0 radical (unpaired) electrons. The molecular formula is C20H18N2O3S. The van der Waals surface area contributed by atoms with Crippen LogP contribution >= 0.6 is 0 Å². The van der Waals surface area contributed by atoms with Crippen LogP contribution in [0.4, 0.5) is 5.69 Å². The standard InChI is InChI=1S/C20H18N2O3S/c1-16-7-5-6-10-19(16)25-20-12-11-18(15-21-20)22-26(23,24)14-13-17-8-3-2-4-9-17/h2-15,22H,1H3/b14-13+. The van der Waals surface area contributed by atoms with Crippen LogP contribution in [0.1, 0.15) is 11.1 Å². The number of benzene rings is 2. The van der Waals surface area contributed by atoms with Crippen molar-refractivity contribution in [2.24, 2.45) is 0 Å². The molecule has 0 aliphatic carbocycles. The zero-order valence-corrected chi connectivity index (χ0v) is 15.0. The first-order valence-electron chi connectivity index (χ1n) is 7.97. The van der Waals surface area contributed by atoms with Gasteiger partial charge in [0, 0.05) is 6.07 Å². The number of nitrogens with zero attached hydrogens (tertiary/aromatic N) is 1. The molecule has 0 saturated heterocycles. The zero-order valence-electron chi connectivity index (χ0n) is 14.2. The van der Waals surface area contributed by atoms with E-state index in [9.17, 15) is 8.42 Å². The third-order valence-electron chi connectivity index (χ3n) is 3.54. The Morgan fingerprint density at radius 2 is 1.69 bits per heavy atom. The lowest BCUT2D eigenvalue weighted by Crippen LogP contribution is -2.09. The van der Waals surface area contributed by atoms with Crippen molar-refractivity contribution in [3.05, 3.63) is 89.5 Å². The van der Waals surface area contributed by atoms with Gasteiger partial charge in [-0.2, -0.15) is 0 Å². The Hall–Kier alpha value is -3.12. The van der Waals surface area contributed by atoms with Gasteiger partial charge in [-0.05, 0) is 36.3 Å². The molecule has 132 valence electrons. The second kappa shape index (κ2) is 7.84. The molecule has 2 aromatic carbocycles. The lowest BCUT2D eigenvalue weighted by molar-refractivity contribution is 0.459. The number of hydrogen-bond acceptors (Lipinski definition) is 4. The largest absolute Gasteiger partial charge is 0.439 e. The Balaban J connectivity index is 1.67. The maximum Gasteiger partial charge on any atom is 0.255 e. The first-order valence-corrected chi connectivity index (χ1v) is 9.52. The van der Waals surface area contributed by atoms with Crippen molar-refractivity contribution in [1.29, 1.82) is 0 Å². The van der Waals surface area contributed by atoms with Gasteiger partial charge >= 0.3 is 0 Å². The number of pyridine rings is 1. The van der Waals surface area contributed by atoms with Crippen LogP contribution in [0.25, 0.3) is 6.08 Å². The number of aromatic nitrogens is 1. The molecule has 0 aliphatic heterocycles. The minimum absolute atomic E-state index is 0.361. The maximum absolute atomic E-state index is 12.1. The van der Waals surface area contributed by atoms with Crippen molar-refractivity contribution in [3.8, 4) is 11.6 Å². The second-order valence-electron chi connectivity index (χ2n) is 5.61. The van der Waals surface area contributed by atoms with Crippen LogP contribution < -0.4 is 9.46 Å². The van der Waals surface area contributed by atoms with Crippen LogP contribution in [-0.4, -0.2) is 13.4 Å². The molecule has 0 saturated carbocycles. The summed E-state index contributed by atoms with van der Waals surface area (Å²) in [5, 5.41) is 1.13. The molecule has 5 nitrogen and oxygen atoms in total. The van der Waals surface area contributed by atoms with Crippen LogP contribution in [0, 0.1) is 6.92 Å². The lowest BCUT2D eigenvalue weighted by Gasteiger charge is -2.08. The molecule has 0 spiro atoms. The average Bonchev–Trinajstić information content (AvgIpc) is 2.64. The third kappa shape index (κ3) is 4.94. The number of rotatable bonds is 6. The van der Waals surface area contributed by atoms with E-state index in [1.165, 1.54) is 12.3 Å². The summed E-state index contributed by atoms with van der Waals surface area (Å²) in [4.78, 5) is 4.14. The van der Waals surface area contributed by atoms with Gasteiger partial charge in [0.25, 0.3) is 10.0 Å². The minimum Gasteiger partial charge on any atom is -0.439 e. The fourth-order valence-corrected chi connectivity index (χ4v) is 3.07. The van der Waals surface area contributed by atoms with Gasteiger partial charge in [-0.15, -0.1) is 0 Å². The second-order valence-corrected chi connectivity index (χ2v) is 7.18. The Kier molecular flexibility index (Phi) is 5.34. The van der Waals surface area contributed by atoms with Gasteiger partial charge in [0.05, 0.1) is 17.3 Å². The number of aryl methyl sites for hydroxylation is 1. The molecule has 6 heteroatoms. The Bertz CT molecular complexity index is 999. The van der Waals surface area contributed by atoms with Gasteiger partial charge in [-0.25, -0.2) is 13.4 Å². The molecule has 0 fully saturated rings. The topological polar surface area (TPSA) is 68.3 Å². The van der Waals surface area contributed by atoms with Crippen molar-refractivity contribution in [2.75, 3.05) is 4.72 Å². The van der Waals surface area contributed by atoms with E-state index in [2.05, 4.69) is 9.71 Å². The molecular weight excluding hydrogens is 348 g/mol. The van der Waals surface area contributed by atoms with Gasteiger partial charge < -0.3 is 4.74 Å². The van der Waals surface area contributed by atoms with E-state index in [-0.39, 0.29) is 0 Å². The molecule has 1 aromatic heterocycles. The number of hydrogen-bond donors (Lipinski definition) is 1. The Morgan fingerprint density at radius 3 is 2.38 bits per heavy atom. The molecule has 0 atom stereocenters. The molecule has 1 N–H and O–H groups in total. The number of sulfonamides is 1. The summed E-state index contributed by atoms with van der Waals surface area (Å²) in [7, 11) is -3.62. The molecule has 26 heavy (non-hydrogen) atoms. The Labute approximate surface area is 153 Å². The van der Waals surface area contributed by atoms with Gasteiger partial charge in [-0.1, -0.05) is 48.5 Å². The molecule has 3 aromatic rings. The molecule has 3 rings (SSSR count). The average molecular weight is 366 g/mol. The van der Waals surface area contributed by atoms with Crippen LogP contribution in [0.5, 0.6) is 11.6 Å². The monoisotopic (exact) mass is 366 g/mol. The lowest BCUT2D eigenvalue weighted by atomic mass is 10.2. The maximum atomic E-state index is 12.1. The normalized spacial score (nSPS) is 11.4. The SMILES string of the molecule is Cc1ccccc1Oc1ccc(NS(=O)(=O)/C=C/c2ccccc2)cn1. The fourth-order valence-electron chi connectivity index (χ4n) is 2.22. The number of anilines is 1. The summed E-state index contributed by atoms with van der Waals surface area (Å²) in [5.41, 5.74) is 2.16. The van der Waals surface area contributed by atoms with E-state index in [1.807, 2.05) is 61.5 Å². The summed E-state index contributed by atoms with van der Waals surface area (Å²) in [5.74, 6) is 1.10. The molecule has 0 unspecified atom stereocenters. The van der Waals surface area contributed by atoms with Crippen molar-refractivity contribution in [2.45, 2.75) is 6.92 Å². The van der Waals surface area contributed by atoms with E-state index < -0.39 is 10.0 Å². The first kappa shape index (κ1) is 17.7. The quantitative estimate of drug-likeness (QED) is 0.692. The van der Waals surface area contributed by atoms with E-state index in [1.54, 1.807) is 12.1 Å². The van der Waals surface area contributed by atoms with Crippen LogP contribution in [0.3, 0.4) is 0 Å². The first-order chi connectivity index (χ1) is 12.5. The zero-order chi connectivity index (χ0) is 18.4. The summed E-state index contributed by atoms with van der Waals surface area (Å²) in [6, 6.07) is 20.0. The predicted octanol–water partition coefficient (Wildman–Crippen LogP) is 4.59. The van der Waals surface area contributed by atoms with Crippen molar-refractivity contribution < 1.29 is 13.2 Å². The highest BCUT2D eigenvalue weighted by Crippen LogP contribution is 2.23. The third-order valence-corrected chi connectivity index (χ3v) is 4.56. The minimum atomic E-state index is -3.62. The van der Waals surface area contributed by atoms with Gasteiger partial charge in [0.2, 0.25) is 5.88 Å². The summed E-state index contributed by atoms with van der Waals surface area (Å²) in [6.45, 7) is 1.94. The van der Waals surface area contributed by atoms with Gasteiger partial charge in [0.1, 0.15) is 5.75 Å². The smallest absolute Gasteiger partial charge is 0.255 e. The molecule has 0 aliphatic rings. The molecule has 0 bridgehead atoms. The Morgan fingerprint density at radius 1 is 0.962 bits per heavy atom. The predicted molar refractivity (Wildman–Crippen MR) is 104 cm³/mol. The van der Waals surface area contributed by atoms with E-state index >= 15 is 0 Å². The van der Waals surface area contributed by atoms with Gasteiger partial charge in [-0.3, -0.25) is 4.72 Å². The van der Waals surface area contributed by atoms with Crippen LogP contribution in [-0.2, 0) is 10.0 Å². The fraction of sp³-hybridized carbons (Fsp3) is 0.0500. The highest BCUT2D eigenvalue weighted by molar-refractivity contribution is 7.95. The van der Waals surface area contributed by atoms with E-state index in [0.717, 1.165) is 16.5 Å². The summed E-state index contributed by atoms with van der Waals surface area (Å²) >= 11 is 0. The molecule has 0 amide bonds. The number of ether oxygens (including phenoxy) is 1. The number of nitrogens with one attached hydrogen (secondary N) is 1. The summed E-state index contributed by atoms with van der Waals surface area (Å²) in [6.07, 6.45) is 2.95. The highest BCUT2D eigenvalue weighted by Gasteiger charge is 2.07.